The summed E-state index contributed by atoms with van der Waals surface area (Å²) in [6.07, 6.45) is 1.25. The average Bonchev–Trinajstić information content (AvgIpc) is 2.42. The van der Waals surface area contributed by atoms with E-state index >= 15 is 0 Å². The van der Waals surface area contributed by atoms with Crippen LogP contribution < -0.4 is 10.1 Å². The Balaban J connectivity index is 2.39. The zero-order valence-corrected chi connectivity index (χ0v) is 12.7. The van der Waals surface area contributed by atoms with E-state index in [0.29, 0.717) is 0 Å². The summed E-state index contributed by atoms with van der Waals surface area (Å²) in [5, 5.41) is 5.20. The topological polar surface area (TPSA) is 55.4 Å². The summed E-state index contributed by atoms with van der Waals surface area (Å²) in [7, 11) is 0.379. The fourth-order valence-corrected chi connectivity index (χ4v) is 3.20. The van der Waals surface area contributed by atoms with Gasteiger partial charge in [0.15, 0.2) is 0 Å². The first-order valence-electron chi connectivity index (χ1n) is 6.35. The van der Waals surface area contributed by atoms with Crippen molar-refractivity contribution in [2.24, 2.45) is 0 Å². The van der Waals surface area contributed by atoms with E-state index in [1.54, 1.807) is 14.2 Å². The van der Waals surface area contributed by atoms with Crippen LogP contribution in [0.25, 0.3) is 10.8 Å². The number of hydrogen-bond donors (Lipinski definition) is 1. The lowest BCUT2D eigenvalue weighted by molar-refractivity contribution is 0.415. The van der Waals surface area contributed by atoms with E-state index in [9.17, 15) is 8.42 Å². The highest BCUT2D eigenvalue weighted by atomic mass is 32.2. The third-order valence-electron chi connectivity index (χ3n) is 3.29. The lowest BCUT2D eigenvalue weighted by atomic mass is 10.0. The van der Waals surface area contributed by atoms with Crippen LogP contribution in [0.3, 0.4) is 0 Å². The Kier molecular flexibility index (Phi) is 4.30. The molecule has 4 nitrogen and oxygen atoms in total. The van der Waals surface area contributed by atoms with E-state index in [4.69, 9.17) is 4.74 Å². The Morgan fingerprint density at radius 3 is 2.40 bits per heavy atom. The van der Waals surface area contributed by atoms with E-state index in [1.807, 2.05) is 36.4 Å². The number of nitrogens with one attached hydrogen (secondary N) is 1. The fraction of sp³-hybridized carbons (Fsp3) is 0.333. The van der Waals surface area contributed by atoms with Gasteiger partial charge in [-0.2, -0.15) is 0 Å². The zero-order chi connectivity index (χ0) is 14.8. The summed E-state index contributed by atoms with van der Waals surface area (Å²) in [6.45, 7) is 0. The Bertz CT molecular complexity index is 710. The monoisotopic (exact) mass is 293 g/mol. The molecule has 1 unspecified atom stereocenters. The highest BCUT2D eigenvalue weighted by Gasteiger charge is 2.15. The van der Waals surface area contributed by atoms with Gasteiger partial charge in [-0.1, -0.05) is 18.2 Å². The normalized spacial score (nSPS) is 13.3. The molecule has 0 bridgehead atoms. The summed E-state index contributed by atoms with van der Waals surface area (Å²) >= 11 is 0. The Morgan fingerprint density at radius 2 is 1.80 bits per heavy atom. The molecule has 20 heavy (non-hydrogen) atoms. The molecule has 0 radical (unpaired) electrons. The van der Waals surface area contributed by atoms with Crippen LogP contribution in [0.4, 0.5) is 0 Å². The van der Waals surface area contributed by atoms with Gasteiger partial charge in [-0.25, -0.2) is 8.42 Å². The molecule has 0 aliphatic heterocycles. The van der Waals surface area contributed by atoms with Crippen molar-refractivity contribution in [3.05, 3.63) is 42.0 Å². The lowest BCUT2D eigenvalue weighted by Crippen LogP contribution is -2.24. The van der Waals surface area contributed by atoms with Gasteiger partial charge in [0.2, 0.25) is 0 Å². The van der Waals surface area contributed by atoms with Gasteiger partial charge >= 0.3 is 0 Å². The van der Waals surface area contributed by atoms with Crippen molar-refractivity contribution in [2.45, 2.75) is 6.04 Å². The second-order valence-corrected chi connectivity index (χ2v) is 7.09. The molecule has 1 atom stereocenters. The molecule has 1 N–H and O–H groups in total. The van der Waals surface area contributed by atoms with Crippen molar-refractivity contribution < 1.29 is 13.2 Å². The van der Waals surface area contributed by atoms with E-state index in [1.165, 1.54) is 6.26 Å². The van der Waals surface area contributed by atoms with Gasteiger partial charge in [0.25, 0.3) is 0 Å². The Morgan fingerprint density at radius 1 is 1.15 bits per heavy atom. The van der Waals surface area contributed by atoms with Crippen molar-refractivity contribution in [1.29, 1.82) is 0 Å². The largest absolute Gasteiger partial charge is 0.497 e. The maximum Gasteiger partial charge on any atom is 0.149 e. The van der Waals surface area contributed by atoms with Crippen molar-refractivity contribution in [3.8, 4) is 5.75 Å². The second-order valence-electron chi connectivity index (χ2n) is 4.91. The molecule has 0 amide bonds. The third kappa shape index (κ3) is 3.49. The van der Waals surface area contributed by atoms with Crippen molar-refractivity contribution in [1.82, 2.24) is 5.32 Å². The molecule has 0 spiro atoms. The molecule has 2 aromatic carbocycles. The molecule has 0 aliphatic carbocycles. The van der Waals surface area contributed by atoms with Crippen LogP contribution in [0.5, 0.6) is 5.75 Å². The molecule has 0 heterocycles. The van der Waals surface area contributed by atoms with Crippen molar-refractivity contribution >= 4 is 20.6 Å². The maximum atomic E-state index is 11.5. The fourth-order valence-electron chi connectivity index (χ4n) is 2.23. The van der Waals surface area contributed by atoms with E-state index in [2.05, 4.69) is 5.32 Å². The van der Waals surface area contributed by atoms with Gasteiger partial charge in [0, 0.05) is 12.3 Å². The van der Waals surface area contributed by atoms with Gasteiger partial charge in [-0.05, 0) is 41.6 Å². The first kappa shape index (κ1) is 14.8. The van der Waals surface area contributed by atoms with Gasteiger partial charge in [0.05, 0.1) is 12.9 Å². The highest BCUT2D eigenvalue weighted by molar-refractivity contribution is 7.90. The summed E-state index contributed by atoms with van der Waals surface area (Å²) in [6, 6.07) is 11.6. The molecule has 0 saturated heterocycles. The first-order valence-corrected chi connectivity index (χ1v) is 8.41. The summed E-state index contributed by atoms with van der Waals surface area (Å²) < 4.78 is 28.1. The minimum absolute atomic E-state index is 0.0885. The second kappa shape index (κ2) is 5.81. The van der Waals surface area contributed by atoms with Crippen LogP contribution in [0.15, 0.2) is 36.4 Å². The van der Waals surface area contributed by atoms with Gasteiger partial charge in [-0.15, -0.1) is 0 Å². The number of rotatable bonds is 5. The molecular formula is C15H19NO3S. The zero-order valence-electron chi connectivity index (χ0n) is 11.9. The maximum absolute atomic E-state index is 11.5. The number of sulfone groups is 1. The SMILES string of the molecule is CNC(CS(C)(=O)=O)c1ccc2cc(OC)ccc2c1. The van der Waals surface area contributed by atoms with Crippen molar-refractivity contribution in [2.75, 3.05) is 26.2 Å². The number of benzene rings is 2. The number of methoxy groups -OCH3 is 1. The molecule has 0 fully saturated rings. The van der Waals surface area contributed by atoms with E-state index in [-0.39, 0.29) is 11.8 Å². The lowest BCUT2D eigenvalue weighted by Gasteiger charge is -2.16. The summed E-state index contributed by atoms with van der Waals surface area (Å²) in [5.74, 6) is 0.900. The molecule has 0 saturated carbocycles. The standard InChI is InChI=1S/C15H19NO3S/c1-16-15(10-20(3,17)18)13-5-4-12-9-14(19-2)7-6-11(12)8-13/h4-9,15-16H,10H2,1-3H3. The predicted molar refractivity (Wildman–Crippen MR) is 82.0 cm³/mol. The van der Waals surface area contributed by atoms with Gasteiger partial charge < -0.3 is 10.1 Å². The quantitative estimate of drug-likeness (QED) is 0.918. The van der Waals surface area contributed by atoms with Gasteiger partial charge in [0.1, 0.15) is 15.6 Å². The molecule has 108 valence electrons. The summed E-state index contributed by atoms with van der Waals surface area (Å²) in [4.78, 5) is 0. The van der Waals surface area contributed by atoms with Crippen molar-refractivity contribution in [3.63, 3.8) is 0 Å². The molecule has 0 aliphatic rings. The van der Waals surface area contributed by atoms with Crippen LogP contribution in [-0.4, -0.2) is 34.6 Å². The van der Waals surface area contributed by atoms with Crippen LogP contribution >= 0.6 is 0 Å². The van der Waals surface area contributed by atoms with Crippen LogP contribution in [0.2, 0.25) is 0 Å². The first-order chi connectivity index (χ1) is 9.43. The van der Waals surface area contributed by atoms with Crippen LogP contribution in [0.1, 0.15) is 11.6 Å². The Hall–Kier alpha value is -1.59. The third-order valence-corrected chi connectivity index (χ3v) is 4.23. The number of hydrogen-bond acceptors (Lipinski definition) is 4. The number of ether oxygens (including phenoxy) is 1. The van der Waals surface area contributed by atoms with Crippen LogP contribution in [0, 0.1) is 0 Å². The average molecular weight is 293 g/mol. The van der Waals surface area contributed by atoms with E-state index in [0.717, 1.165) is 22.1 Å². The van der Waals surface area contributed by atoms with Gasteiger partial charge in [-0.3, -0.25) is 0 Å². The highest BCUT2D eigenvalue weighted by Crippen LogP contribution is 2.24. The minimum atomic E-state index is -3.03. The minimum Gasteiger partial charge on any atom is -0.497 e. The molecular weight excluding hydrogens is 274 g/mol. The molecule has 2 aromatic rings. The molecule has 2 rings (SSSR count). The van der Waals surface area contributed by atoms with Crippen LogP contribution in [-0.2, 0) is 9.84 Å². The Labute approximate surface area is 119 Å². The molecule has 5 heteroatoms. The smallest absolute Gasteiger partial charge is 0.149 e. The van der Waals surface area contributed by atoms with E-state index < -0.39 is 9.84 Å². The summed E-state index contributed by atoms with van der Waals surface area (Å²) in [5.41, 5.74) is 0.968. The predicted octanol–water partition coefficient (Wildman–Crippen LogP) is 2.15. The molecule has 0 aromatic heterocycles. The number of fused-ring (bicyclic) bond motifs is 1.